The van der Waals surface area contributed by atoms with E-state index in [0.29, 0.717) is 16.9 Å². The summed E-state index contributed by atoms with van der Waals surface area (Å²) in [6.07, 6.45) is 4.36. The smallest absolute Gasteiger partial charge is 0.224 e. The minimum Gasteiger partial charge on any atom is -0.368 e. The Morgan fingerprint density at radius 2 is 2.24 bits per heavy atom. The Balaban J connectivity index is 1.95. The minimum absolute atomic E-state index is 0.578. The van der Waals surface area contributed by atoms with Gasteiger partial charge in [0, 0.05) is 13.1 Å². The van der Waals surface area contributed by atoms with E-state index in [0.717, 1.165) is 24.8 Å². The summed E-state index contributed by atoms with van der Waals surface area (Å²) < 4.78 is 0. The van der Waals surface area contributed by atoms with Crippen molar-refractivity contribution in [2.45, 2.75) is 26.7 Å². The molecule has 0 bridgehead atoms. The molecule has 5 heteroatoms. The van der Waals surface area contributed by atoms with Gasteiger partial charge in [-0.1, -0.05) is 18.5 Å². The molecule has 1 aliphatic carbocycles. The maximum atomic E-state index is 6.06. The fourth-order valence-corrected chi connectivity index (χ4v) is 1.98. The standard InChI is InChI=1S/C12H19ClN4/c1-3-14-12-16-7-10(13)11(17-12)15-6-8(2)9-4-5-9/h7-9H,3-6H2,1-2H3,(H2,14,15,16,17). The highest BCUT2D eigenvalue weighted by Crippen LogP contribution is 2.36. The number of hydrogen-bond donors (Lipinski definition) is 2. The number of aromatic nitrogens is 2. The van der Waals surface area contributed by atoms with Crippen LogP contribution in [0, 0.1) is 11.8 Å². The highest BCUT2D eigenvalue weighted by Gasteiger charge is 2.27. The Hall–Kier alpha value is -1.03. The summed E-state index contributed by atoms with van der Waals surface area (Å²) >= 11 is 6.06. The normalized spacial score (nSPS) is 16.6. The first kappa shape index (κ1) is 12.4. The van der Waals surface area contributed by atoms with Crippen molar-refractivity contribution in [2.24, 2.45) is 11.8 Å². The fourth-order valence-electron chi connectivity index (χ4n) is 1.82. The summed E-state index contributed by atoms with van der Waals surface area (Å²) in [6.45, 7) is 6.01. The van der Waals surface area contributed by atoms with Crippen LogP contribution < -0.4 is 10.6 Å². The van der Waals surface area contributed by atoms with Gasteiger partial charge in [0.2, 0.25) is 5.95 Å². The number of anilines is 2. The molecule has 0 radical (unpaired) electrons. The third-order valence-electron chi connectivity index (χ3n) is 3.10. The minimum atomic E-state index is 0.578. The Morgan fingerprint density at radius 1 is 1.47 bits per heavy atom. The van der Waals surface area contributed by atoms with Crippen molar-refractivity contribution in [1.29, 1.82) is 0 Å². The summed E-state index contributed by atoms with van der Waals surface area (Å²) in [5.41, 5.74) is 0. The highest BCUT2D eigenvalue weighted by atomic mass is 35.5. The van der Waals surface area contributed by atoms with Crippen LogP contribution in [0.25, 0.3) is 0 Å². The quantitative estimate of drug-likeness (QED) is 0.819. The Labute approximate surface area is 107 Å². The first-order valence-electron chi connectivity index (χ1n) is 6.21. The average Bonchev–Trinajstić information content (AvgIpc) is 3.13. The highest BCUT2D eigenvalue weighted by molar-refractivity contribution is 6.32. The van der Waals surface area contributed by atoms with Crippen molar-refractivity contribution >= 4 is 23.4 Å². The van der Waals surface area contributed by atoms with E-state index in [2.05, 4.69) is 27.5 Å². The van der Waals surface area contributed by atoms with Gasteiger partial charge in [0.1, 0.15) is 10.8 Å². The monoisotopic (exact) mass is 254 g/mol. The maximum Gasteiger partial charge on any atom is 0.224 e. The van der Waals surface area contributed by atoms with Gasteiger partial charge in [0.15, 0.2) is 0 Å². The van der Waals surface area contributed by atoms with Gasteiger partial charge in [-0.05, 0) is 31.6 Å². The number of rotatable bonds is 6. The molecule has 0 saturated heterocycles. The molecule has 94 valence electrons. The summed E-state index contributed by atoms with van der Waals surface area (Å²) in [7, 11) is 0. The van der Waals surface area contributed by atoms with E-state index in [4.69, 9.17) is 11.6 Å². The van der Waals surface area contributed by atoms with Crippen LogP contribution in [0.5, 0.6) is 0 Å². The summed E-state index contributed by atoms with van der Waals surface area (Å²) in [5.74, 6) is 2.92. The van der Waals surface area contributed by atoms with E-state index in [9.17, 15) is 0 Å². The molecule has 1 atom stereocenters. The van der Waals surface area contributed by atoms with Crippen LogP contribution in [0.15, 0.2) is 6.20 Å². The molecular formula is C12H19ClN4. The van der Waals surface area contributed by atoms with Crippen LogP contribution in [-0.4, -0.2) is 23.1 Å². The summed E-state index contributed by atoms with van der Waals surface area (Å²) in [6, 6.07) is 0. The van der Waals surface area contributed by atoms with E-state index < -0.39 is 0 Å². The molecule has 1 saturated carbocycles. The van der Waals surface area contributed by atoms with Crippen LogP contribution in [0.4, 0.5) is 11.8 Å². The van der Waals surface area contributed by atoms with Crippen LogP contribution in [0.3, 0.4) is 0 Å². The molecule has 1 aromatic heterocycles. The van der Waals surface area contributed by atoms with Crippen LogP contribution in [0.2, 0.25) is 5.02 Å². The van der Waals surface area contributed by atoms with Crippen molar-refractivity contribution in [3.8, 4) is 0 Å². The van der Waals surface area contributed by atoms with E-state index in [1.54, 1.807) is 6.20 Å². The molecule has 0 aliphatic heterocycles. The first-order valence-corrected chi connectivity index (χ1v) is 6.58. The second kappa shape index (κ2) is 5.54. The molecule has 1 fully saturated rings. The van der Waals surface area contributed by atoms with E-state index in [-0.39, 0.29) is 0 Å². The van der Waals surface area contributed by atoms with Gasteiger partial charge in [-0.2, -0.15) is 4.98 Å². The summed E-state index contributed by atoms with van der Waals surface area (Å²) in [4.78, 5) is 8.46. The largest absolute Gasteiger partial charge is 0.368 e. The SMILES string of the molecule is CCNc1ncc(Cl)c(NCC(C)C2CC2)n1. The lowest BCUT2D eigenvalue weighted by Crippen LogP contribution is -2.15. The van der Waals surface area contributed by atoms with Gasteiger partial charge in [-0.3, -0.25) is 0 Å². The molecule has 2 rings (SSSR count). The Kier molecular flexibility index (Phi) is 4.05. The molecule has 1 heterocycles. The predicted molar refractivity (Wildman–Crippen MR) is 71.6 cm³/mol. The zero-order valence-corrected chi connectivity index (χ0v) is 11.1. The third kappa shape index (κ3) is 3.46. The predicted octanol–water partition coefficient (Wildman–Crippen LogP) is 3.02. The molecule has 0 aromatic carbocycles. The van der Waals surface area contributed by atoms with E-state index in [1.807, 2.05) is 6.92 Å². The fraction of sp³-hybridized carbons (Fsp3) is 0.667. The molecule has 1 unspecified atom stereocenters. The molecule has 0 spiro atoms. The molecule has 17 heavy (non-hydrogen) atoms. The van der Waals surface area contributed by atoms with Crippen molar-refractivity contribution < 1.29 is 0 Å². The number of nitrogens with zero attached hydrogens (tertiary/aromatic N) is 2. The zero-order chi connectivity index (χ0) is 12.3. The van der Waals surface area contributed by atoms with Crippen molar-refractivity contribution in [3.63, 3.8) is 0 Å². The molecule has 2 N–H and O–H groups in total. The Morgan fingerprint density at radius 3 is 2.88 bits per heavy atom. The van der Waals surface area contributed by atoms with Gasteiger partial charge >= 0.3 is 0 Å². The van der Waals surface area contributed by atoms with Gasteiger partial charge < -0.3 is 10.6 Å². The third-order valence-corrected chi connectivity index (χ3v) is 3.37. The first-order chi connectivity index (χ1) is 8.20. The molecule has 1 aromatic rings. The maximum absolute atomic E-state index is 6.06. The summed E-state index contributed by atoms with van der Waals surface area (Å²) in [5, 5.41) is 6.97. The lowest BCUT2D eigenvalue weighted by molar-refractivity contribution is 0.536. The van der Waals surface area contributed by atoms with Crippen LogP contribution in [0.1, 0.15) is 26.7 Å². The number of halogens is 1. The van der Waals surface area contributed by atoms with Crippen LogP contribution in [-0.2, 0) is 0 Å². The lowest BCUT2D eigenvalue weighted by atomic mass is 10.1. The zero-order valence-electron chi connectivity index (χ0n) is 10.3. The Bertz CT molecular complexity index is 379. The molecule has 4 nitrogen and oxygen atoms in total. The molecule has 0 amide bonds. The van der Waals surface area contributed by atoms with Gasteiger partial charge in [0.05, 0.1) is 6.20 Å². The molecule has 1 aliphatic rings. The lowest BCUT2D eigenvalue weighted by Gasteiger charge is -2.13. The van der Waals surface area contributed by atoms with Crippen LogP contribution >= 0.6 is 11.6 Å². The van der Waals surface area contributed by atoms with Crippen molar-refractivity contribution in [1.82, 2.24) is 9.97 Å². The van der Waals surface area contributed by atoms with Gasteiger partial charge in [-0.15, -0.1) is 0 Å². The van der Waals surface area contributed by atoms with Gasteiger partial charge in [0.25, 0.3) is 0 Å². The second-order valence-electron chi connectivity index (χ2n) is 4.62. The number of hydrogen-bond acceptors (Lipinski definition) is 4. The van der Waals surface area contributed by atoms with E-state index >= 15 is 0 Å². The van der Waals surface area contributed by atoms with Crippen molar-refractivity contribution in [3.05, 3.63) is 11.2 Å². The van der Waals surface area contributed by atoms with Crippen molar-refractivity contribution in [2.75, 3.05) is 23.7 Å². The average molecular weight is 255 g/mol. The molecular weight excluding hydrogens is 236 g/mol. The van der Waals surface area contributed by atoms with E-state index in [1.165, 1.54) is 12.8 Å². The second-order valence-corrected chi connectivity index (χ2v) is 5.02. The van der Waals surface area contributed by atoms with Gasteiger partial charge in [-0.25, -0.2) is 4.98 Å². The number of nitrogens with one attached hydrogen (secondary N) is 2. The topological polar surface area (TPSA) is 49.8 Å².